The number of alkyl halides is 5. The van der Waals surface area contributed by atoms with Gasteiger partial charge < -0.3 is 9.15 Å². The van der Waals surface area contributed by atoms with Crippen LogP contribution in [0.15, 0.2) is 82.4 Å². The first-order valence-electron chi connectivity index (χ1n) is 11.8. The second-order valence-electron chi connectivity index (χ2n) is 8.85. The number of aryl methyl sites for hydroxylation is 1. The molecular weight excluding hydrogens is 571 g/mol. The molecule has 212 valence electrons. The molecule has 0 unspecified atom stereocenters. The number of halogens is 5. The summed E-state index contributed by atoms with van der Waals surface area (Å²) >= 11 is 0. The first-order valence-corrected chi connectivity index (χ1v) is 13.7. The number of benzene rings is 2. The molecule has 8 nitrogen and oxygen atoms in total. The van der Waals surface area contributed by atoms with E-state index in [1.165, 1.54) is 36.5 Å². The topological polar surface area (TPSA) is 100 Å². The summed E-state index contributed by atoms with van der Waals surface area (Å²) in [5.41, 5.74) is 0.983. The maximum atomic E-state index is 13.3. The van der Waals surface area contributed by atoms with Gasteiger partial charge in [-0.25, -0.2) is 23.1 Å². The molecule has 0 aliphatic carbocycles. The van der Waals surface area contributed by atoms with Gasteiger partial charge in [0.2, 0.25) is 5.88 Å². The molecule has 0 spiro atoms. The predicted octanol–water partition coefficient (Wildman–Crippen LogP) is 6.59. The molecule has 41 heavy (non-hydrogen) atoms. The van der Waals surface area contributed by atoms with E-state index in [1.54, 1.807) is 31.2 Å². The highest BCUT2D eigenvalue weighted by atomic mass is 32.2. The maximum Gasteiger partial charge on any atom is 0.435 e. The van der Waals surface area contributed by atoms with Gasteiger partial charge in [0, 0.05) is 42.8 Å². The van der Waals surface area contributed by atoms with E-state index >= 15 is 0 Å². The summed E-state index contributed by atoms with van der Waals surface area (Å²) in [6.45, 7) is -1.51. The van der Waals surface area contributed by atoms with Crippen molar-refractivity contribution in [2.45, 2.75) is 24.6 Å². The van der Waals surface area contributed by atoms with E-state index in [1.807, 2.05) is 0 Å². The molecule has 0 saturated carbocycles. The molecule has 5 aromatic rings. The summed E-state index contributed by atoms with van der Waals surface area (Å²) in [7, 11) is -3.52. The molecule has 0 saturated heterocycles. The number of oxazole rings is 1. The third-order valence-electron chi connectivity index (χ3n) is 5.92. The summed E-state index contributed by atoms with van der Waals surface area (Å²) in [6.07, 6.45) is -1.22. The van der Waals surface area contributed by atoms with Crippen LogP contribution in [0.1, 0.15) is 11.6 Å². The van der Waals surface area contributed by atoms with Crippen LogP contribution in [0, 0.1) is 6.92 Å². The second kappa shape index (κ2) is 10.4. The maximum absolute atomic E-state index is 13.3. The standard InChI is InChI=1S/C27H19F5N4O4S/c1-15-34-24(18-7-9-23(33-14-18)40-26(28)29)25(39-15)20-13-17(16-4-3-5-19(12-16)41(2,37)38)6-8-21(20)36-11-10-22(35-36)27(30,31)32/h3-14,26H,1-2H3. The quantitative estimate of drug-likeness (QED) is 0.197. The van der Waals surface area contributed by atoms with Gasteiger partial charge in [0.15, 0.2) is 27.2 Å². The summed E-state index contributed by atoms with van der Waals surface area (Å²) in [5, 5.41) is 3.69. The Morgan fingerprint density at radius 2 is 1.71 bits per heavy atom. The fourth-order valence-electron chi connectivity index (χ4n) is 4.10. The lowest BCUT2D eigenvalue weighted by molar-refractivity contribution is -0.141. The monoisotopic (exact) mass is 590 g/mol. The molecule has 2 aromatic carbocycles. The number of aromatic nitrogens is 4. The van der Waals surface area contributed by atoms with Gasteiger partial charge in [0.1, 0.15) is 5.69 Å². The average molecular weight is 591 g/mol. The van der Waals surface area contributed by atoms with Gasteiger partial charge in [-0.2, -0.15) is 27.1 Å². The average Bonchev–Trinajstić information content (AvgIpc) is 3.55. The summed E-state index contributed by atoms with van der Waals surface area (Å²) in [5.74, 6) is 0.0111. The Morgan fingerprint density at radius 3 is 2.34 bits per heavy atom. The zero-order chi connectivity index (χ0) is 29.5. The highest BCUT2D eigenvalue weighted by Crippen LogP contribution is 2.39. The van der Waals surface area contributed by atoms with E-state index in [4.69, 9.17) is 4.42 Å². The van der Waals surface area contributed by atoms with Gasteiger partial charge >= 0.3 is 12.8 Å². The highest BCUT2D eigenvalue weighted by molar-refractivity contribution is 7.90. The van der Waals surface area contributed by atoms with Crippen LogP contribution in [0.3, 0.4) is 0 Å². The Kier molecular flexibility index (Phi) is 7.11. The van der Waals surface area contributed by atoms with Crippen molar-refractivity contribution in [3.8, 4) is 45.3 Å². The van der Waals surface area contributed by atoms with E-state index < -0.39 is 28.3 Å². The summed E-state index contributed by atoms with van der Waals surface area (Å²) in [6, 6.07) is 14.4. The number of nitrogens with zero attached hydrogens (tertiary/aromatic N) is 4. The predicted molar refractivity (Wildman–Crippen MR) is 137 cm³/mol. The van der Waals surface area contributed by atoms with Crippen LogP contribution in [0.4, 0.5) is 22.0 Å². The zero-order valence-corrected chi connectivity index (χ0v) is 22.0. The molecule has 0 aliphatic rings. The zero-order valence-electron chi connectivity index (χ0n) is 21.2. The Balaban J connectivity index is 1.70. The van der Waals surface area contributed by atoms with Crippen LogP contribution in [-0.4, -0.2) is 41.0 Å². The normalized spacial score (nSPS) is 12.2. The van der Waals surface area contributed by atoms with Crippen LogP contribution in [0.2, 0.25) is 0 Å². The van der Waals surface area contributed by atoms with Crippen LogP contribution in [-0.2, 0) is 16.0 Å². The third kappa shape index (κ3) is 5.96. The molecule has 0 fully saturated rings. The summed E-state index contributed by atoms with van der Waals surface area (Å²) < 4.78 is 101. The van der Waals surface area contributed by atoms with Crippen molar-refractivity contribution in [3.63, 3.8) is 0 Å². The number of ether oxygens (including phenoxy) is 1. The van der Waals surface area contributed by atoms with Crippen molar-refractivity contribution in [1.82, 2.24) is 19.7 Å². The Morgan fingerprint density at radius 1 is 0.976 bits per heavy atom. The fraction of sp³-hybridized carbons (Fsp3) is 0.148. The van der Waals surface area contributed by atoms with Crippen LogP contribution < -0.4 is 4.74 Å². The number of hydrogen-bond acceptors (Lipinski definition) is 7. The largest absolute Gasteiger partial charge is 0.440 e. The van der Waals surface area contributed by atoms with E-state index in [2.05, 4.69) is 19.8 Å². The van der Waals surface area contributed by atoms with E-state index in [9.17, 15) is 30.4 Å². The van der Waals surface area contributed by atoms with Gasteiger partial charge in [0.25, 0.3) is 0 Å². The number of pyridine rings is 1. The minimum atomic E-state index is -4.68. The molecule has 14 heteroatoms. The Bertz CT molecular complexity index is 1830. The van der Waals surface area contributed by atoms with Crippen LogP contribution in [0.5, 0.6) is 5.88 Å². The van der Waals surface area contributed by atoms with Crippen LogP contribution >= 0.6 is 0 Å². The van der Waals surface area contributed by atoms with Crippen molar-refractivity contribution < 1.29 is 39.5 Å². The molecule has 0 atom stereocenters. The number of sulfone groups is 1. The highest BCUT2D eigenvalue weighted by Gasteiger charge is 2.34. The molecule has 3 aromatic heterocycles. The number of rotatable bonds is 7. The van der Waals surface area contributed by atoms with Gasteiger partial charge in [-0.15, -0.1) is 0 Å². The molecular formula is C27H19F5N4O4S. The fourth-order valence-corrected chi connectivity index (χ4v) is 4.77. The van der Waals surface area contributed by atoms with Gasteiger partial charge in [-0.1, -0.05) is 18.2 Å². The molecule has 5 rings (SSSR count). The Labute approximate surface area is 230 Å². The molecule has 0 N–H and O–H groups in total. The lowest BCUT2D eigenvalue weighted by Gasteiger charge is -2.13. The van der Waals surface area contributed by atoms with E-state index in [0.717, 1.165) is 23.2 Å². The lowest BCUT2D eigenvalue weighted by atomic mass is 9.98. The van der Waals surface area contributed by atoms with E-state index in [0.29, 0.717) is 16.7 Å². The third-order valence-corrected chi connectivity index (χ3v) is 7.03. The minimum Gasteiger partial charge on any atom is -0.440 e. The van der Waals surface area contributed by atoms with Gasteiger partial charge in [-0.3, -0.25) is 0 Å². The van der Waals surface area contributed by atoms with Gasteiger partial charge in [0.05, 0.1) is 10.6 Å². The van der Waals surface area contributed by atoms with Crippen molar-refractivity contribution in [1.29, 1.82) is 0 Å². The smallest absolute Gasteiger partial charge is 0.435 e. The first-order chi connectivity index (χ1) is 19.3. The molecule has 0 amide bonds. The van der Waals surface area contributed by atoms with Crippen molar-refractivity contribution in [3.05, 3.63) is 84.6 Å². The van der Waals surface area contributed by atoms with Crippen molar-refractivity contribution in [2.24, 2.45) is 0 Å². The van der Waals surface area contributed by atoms with Gasteiger partial charge in [-0.05, 0) is 47.5 Å². The molecule has 0 bridgehead atoms. The SMILES string of the molecule is Cc1nc(-c2ccc(OC(F)F)nc2)c(-c2cc(-c3cccc(S(C)(=O)=O)c3)ccc2-n2ccc(C(F)(F)F)n2)o1. The first kappa shape index (κ1) is 28.0. The van der Waals surface area contributed by atoms with Crippen LogP contribution in [0.25, 0.3) is 39.4 Å². The number of hydrogen-bond donors (Lipinski definition) is 0. The lowest BCUT2D eigenvalue weighted by Crippen LogP contribution is -2.07. The minimum absolute atomic E-state index is 0.0795. The second-order valence-corrected chi connectivity index (χ2v) is 10.9. The molecule has 0 aliphatic heterocycles. The molecule has 0 radical (unpaired) electrons. The van der Waals surface area contributed by atoms with E-state index in [-0.39, 0.29) is 39.4 Å². The molecule has 3 heterocycles. The van der Waals surface area contributed by atoms with Crippen molar-refractivity contribution in [2.75, 3.05) is 6.26 Å². The Hall–Kier alpha value is -4.59. The summed E-state index contributed by atoms with van der Waals surface area (Å²) in [4.78, 5) is 8.34. The van der Waals surface area contributed by atoms with Crippen molar-refractivity contribution >= 4 is 9.84 Å².